The second-order valence-electron chi connectivity index (χ2n) is 9.16. The number of carbonyl (C=O) groups is 1. The molecule has 0 aliphatic heterocycles. The van der Waals surface area contributed by atoms with Crippen LogP contribution in [-0.4, -0.2) is 26.8 Å². The van der Waals surface area contributed by atoms with E-state index in [9.17, 15) is 18.0 Å². The lowest BCUT2D eigenvalue weighted by Crippen LogP contribution is -2.12. The Kier molecular flexibility index (Phi) is 7.42. The average molecular weight is 487 g/mol. The lowest BCUT2D eigenvalue weighted by Gasteiger charge is -2.11. The van der Waals surface area contributed by atoms with Crippen LogP contribution in [0.25, 0.3) is 17.1 Å². The van der Waals surface area contributed by atoms with Gasteiger partial charge in [-0.3, -0.25) is 4.79 Å². The first-order chi connectivity index (χ1) is 16.7. The fraction of sp³-hybridized carbons (Fsp3) is 0.423. The van der Waals surface area contributed by atoms with Crippen molar-refractivity contribution in [1.82, 2.24) is 14.8 Å². The first kappa shape index (κ1) is 24.8. The Balaban J connectivity index is 1.55. The molecule has 1 heterocycles. The molecule has 1 aromatic heterocycles. The van der Waals surface area contributed by atoms with Crippen molar-refractivity contribution in [2.24, 2.45) is 5.92 Å². The van der Waals surface area contributed by atoms with Crippen LogP contribution >= 0.6 is 0 Å². The third-order valence-electron chi connectivity index (χ3n) is 6.03. The van der Waals surface area contributed by atoms with Gasteiger partial charge in [0.2, 0.25) is 5.91 Å². The maximum Gasteiger partial charge on any atom is 0.416 e. The summed E-state index contributed by atoms with van der Waals surface area (Å²) in [4.78, 5) is 16.7. The van der Waals surface area contributed by atoms with E-state index in [-0.39, 0.29) is 29.4 Å². The Morgan fingerprint density at radius 3 is 2.51 bits per heavy atom. The highest BCUT2D eigenvalue weighted by molar-refractivity contribution is 5.90. The van der Waals surface area contributed by atoms with Crippen molar-refractivity contribution < 1.29 is 22.7 Å². The summed E-state index contributed by atoms with van der Waals surface area (Å²) >= 11 is 0. The van der Waals surface area contributed by atoms with Crippen molar-refractivity contribution >= 4 is 11.6 Å². The number of rotatable bonds is 8. The number of hydrogen-bond acceptors (Lipinski definition) is 4. The Labute approximate surface area is 202 Å². The van der Waals surface area contributed by atoms with Gasteiger partial charge in [0.15, 0.2) is 5.82 Å². The molecule has 0 saturated heterocycles. The van der Waals surface area contributed by atoms with Gasteiger partial charge >= 0.3 is 12.2 Å². The van der Waals surface area contributed by atoms with Crippen LogP contribution in [0.5, 0.6) is 6.01 Å². The number of carbonyl (C=O) groups excluding carboxylic acids is 1. The summed E-state index contributed by atoms with van der Waals surface area (Å²) in [5.74, 6) is 0.842. The fourth-order valence-electron chi connectivity index (χ4n) is 4.30. The van der Waals surface area contributed by atoms with E-state index in [0.717, 1.165) is 18.6 Å². The van der Waals surface area contributed by atoms with Crippen LogP contribution in [0.4, 0.5) is 18.9 Å². The Hall–Kier alpha value is -3.36. The van der Waals surface area contributed by atoms with Crippen LogP contribution in [0.1, 0.15) is 57.9 Å². The van der Waals surface area contributed by atoms with Crippen LogP contribution in [0, 0.1) is 5.92 Å². The van der Waals surface area contributed by atoms with Crippen LogP contribution < -0.4 is 10.1 Å². The van der Waals surface area contributed by atoms with E-state index in [1.807, 2.05) is 13.8 Å². The van der Waals surface area contributed by atoms with Crippen molar-refractivity contribution in [2.75, 3.05) is 5.32 Å². The Morgan fingerprint density at radius 2 is 1.86 bits per heavy atom. The monoisotopic (exact) mass is 486 g/mol. The van der Waals surface area contributed by atoms with E-state index in [4.69, 9.17) is 4.74 Å². The van der Waals surface area contributed by atoms with E-state index in [1.165, 1.54) is 36.4 Å². The van der Waals surface area contributed by atoms with Gasteiger partial charge in [-0.25, -0.2) is 4.68 Å². The molecule has 9 heteroatoms. The predicted molar refractivity (Wildman–Crippen MR) is 127 cm³/mol. The van der Waals surface area contributed by atoms with Gasteiger partial charge in [-0.05, 0) is 62.6 Å². The van der Waals surface area contributed by atoms with Crippen LogP contribution in [0.3, 0.4) is 0 Å². The standard InChI is InChI=1S/C26H29F3N4O2/c1-17(2)35-25-31-24(19-8-5-9-20(16-19)26(27,28)29)33(32-25)22-13-11-21(12-14-22)30-23(34)15-10-18-6-3-4-7-18/h5,8-9,11-14,16-18H,3-4,6-7,10,15H2,1-2H3,(H,30,34). The van der Waals surface area contributed by atoms with Gasteiger partial charge in [-0.15, -0.1) is 5.10 Å². The molecule has 3 aromatic rings. The van der Waals surface area contributed by atoms with Gasteiger partial charge in [0.25, 0.3) is 0 Å². The molecule has 35 heavy (non-hydrogen) atoms. The van der Waals surface area contributed by atoms with E-state index in [0.29, 0.717) is 23.7 Å². The zero-order chi connectivity index (χ0) is 25.0. The number of benzene rings is 2. The number of amides is 1. The summed E-state index contributed by atoms with van der Waals surface area (Å²) in [7, 11) is 0. The van der Waals surface area contributed by atoms with Crippen LogP contribution in [0.15, 0.2) is 48.5 Å². The van der Waals surface area contributed by atoms with Crippen molar-refractivity contribution in [3.8, 4) is 23.1 Å². The minimum atomic E-state index is -4.48. The highest BCUT2D eigenvalue weighted by Gasteiger charge is 2.31. The molecule has 0 radical (unpaired) electrons. The summed E-state index contributed by atoms with van der Waals surface area (Å²) in [5.41, 5.74) is 0.707. The summed E-state index contributed by atoms with van der Waals surface area (Å²) in [6.45, 7) is 3.63. The Morgan fingerprint density at radius 1 is 1.14 bits per heavy atom. The third-order valence-corrected chi connectivity index (χ3v) is 6.03. The molecule has 0 bridgehead atoms. The molecule has 1 aliphatic carbocycles. The summed E-state index contributed by atoms with van der Waals surface area (Å²) in [5, 5.41) is 7.28. The molecule has 1 saturated carbocycles. The number of aromatic nitrogens is 3. The van der Waals surface area contributed by atoms with Gasteiger partial charge in [-0.2, -0.15) is 18.2 Å². The summed E-state index contributed by atoms with van der Waals surface area (Å²) < 4.78 is 46.9. The lowest BCUT2D eigenvalue weighted by atomic mass is 10.0. The van der Waals surface area contributed by atoms with E-state index < -0.39 is 11.7 Å². The summed E-state index contributed by atoms with van der Waals surface area (Å²) in [6.07, 6.45) is 1.63. The number of hydrogen-bond donors (Lipinski definition) is 1. The van der Waals surface area contributed by atoms with Crippen molar-refractivity contribution in [3.63, 3.8) is 0 Å². The predicted octanol–water partition coefficient (Wildman–Crippen LogP) is 6.65. The van der Waals surface area contributed by atoms with Crippen LogP contribution in [-0.2, 0) is 11.0 Å². The molecule has 0 unspecified atom stereocenters. The Bertz CT molecular complexity index is 1150. The normalized spacial score (nSPS) is 14.5. The van der Waals surface area contributed by atoms with E-state index in [2.05, 4.69) is 15.4 Å². The van der Waals surface area contributed by atoms with Gasteiger partial charge < -0.3 is 10.1 Å². The second-order valence-corrected chi connectivity index (χ2v) is 9.16. The first-order valence-corrected chi connectivity index (χ1v) is 11.9. The molecule has 2 aromatic carbocycles. The lowest BCUT2D eigenvalue weighted by molar-refractivity contribution is -0.137. The molecule has 6 nitrogen and oxygen atoms in total. The smallest absolute Gasteiger partial charge is 0.416 e. The SMILES string of the molecule is CC(C)Oc1nc(-c2cccc(C(F)(F)F)c2)n(-c2ccc(NC(=O)CCC3CCCC3)cc2)n1. The molecule has 0 spiro atoms. The molecule has 1 fully saturated rings. The van der Waals surface area contributed by atoms with Gasteiger partial charge in [0.05, 0.1) is 17.4 Å². The molecular weight excluding hydrogens is 457 g/mol. The number of alkyl halides is 3. The summed E-state index contributed by atoms with van der Waals surface area (Å²) in [6, 6.07) is 12.0. The molecule has 1 N–H and O–H groups in total. The maximum absolute atomic E-state index is 13.3. The molecule has 186 valence electrons. The maximum atomic E-state index is 13.3. The first-order valence-electron chi connectivity index (χ1n) is 11.9. The van der Waals surface area contributed by atoms with Gasteiger partial charge in [0, 0.05) is 17.7 Å². The quantitative estimate of drug-likeness (QED) is 0.387. The highest BCUT2D eigenvalue weighted by atomic mass is 19.4. The molecule has 4 rings (SSSR count). The topological polar surface area (TPSA) is 69.0 Å². The molecule has 0 atom stereocenters. The van der Waals surface area contributed by atoms with Crippen molar-refractivity contribution in [3.05, 3.63) is 54.1 Å². The second kappa shape index (κ2) is 10.5. The fourth-order valence-corrected chi connectivity index (χ4v) is 4.30. The largest absolute Gasteiger partial charge is 0.460 e. The van der Waals surface area contributed by atoms with E-state index in [1.54, 1.807) is 30.3 Å². The zero-order valence-corrected chi connectivity index (χ0v) is 19.8. The molecule has 1 aliphatic rings. The zero-order valence-electron chi connectivity index (χ0n) is 19.8. The molecular formula is C26H29F3N4O2. The third kappa shape index (κ3) is 6.41. The van der Waals surface area contributed by atoms with Crippen molar-refractivity contribution in [2.45, 2.75) is 64.7 Å². The van der Waals surface area contributed by atoms with Crippen molar-refractivity contribution in [1.29, 1.82) is 0 Å². The number of nitrogens with zero attached hydrogens (tertiary/aromatic N) is 3. The average Bonchev–Trinajstić information content (AvgIpc) is 3.47. The number of halogens is 3. The number of nitrogens with one attached hydrogen (secondary N) is 1. The van der Waals surface area contributed by atoms with E-state index >= 15 is 0 Å². The van der Waals surface area contributed by atoms with Gasteiger partial charge in [0.1, 0.15) is 0 Å². The number of ether oxygens (including phenoxy) is 1. The van der Waals surface area contributed by atoms with Crippen LogP contribution in [0.2, 0.25) is 0 Å². The minimum absolute atomic E-state index is 0.0253. The molecule has 1 amide bonds. The minimum Gasteiger partial charge on any atom is -0.460 e. The number of anilines is 1. The van der Waals surface area contributed by atoms with Gasteiger partial charge in [-0.1, -0.05) is 37.8 Å². The highest BCUT2D eigenvalue weighted by Crippen LogP contribution is 2.33.